The van der Waals surface area contributed by atoms with E-state index in [1.165, 1.54) is 51.4 Å². The monoisotopic (exact) mass is 626 g/mol. The maximum atomic E-state index is 13.2. The third-order valence-corrected chi connectivity index (χ3v) is 7.86. The number of hydrogen-bond acceptors (Lipinski definition) is 8. The van der Waals surface area contributed by atoms with E-state index in [4.69, 9.17) is 20.9 Å². The van der Waals surface area contributed by atoms with Crippen molar-refractivity contribution in [2.75, 3.05) is 19.6 Å². The molecule has 5 N–H and O–H groups in total. The summed E-state index contributed by atoms with van der Waals surface area (Å²) in [6, 6.07) is 0. The van der Waals surface area contributed by atoms with Gasteiger partial charge in [0.15, 0.2) is 5.78 Å². The van der Waals surface area contributed by atoms with Crippen LogP contribution in [0.25, 0.3) is 0 Å². The minimum Gasteiger partial charge on any atom is -0.450 e. The number of hydrogen-bond donors (Lipinski definition) is 3. The van der Waals surface area contributed by atoms with Gasteiger partial charge in [0.05, 0.1) is 0 Å². The van der Waals surface area contributed by atoms with Crippen molar-refractivity contribution in [3.05, 3.63) is 0 Å². The third-order valence-electron chi connectivity index (χ3n) is 7.86. The highest BCUT2D eigenvalue weighted by atomic mass is 16.6. The van der Waals surface area contributed by atoms with Crippen LogP contribution >= 0.6 is 0 Å². The summed E-state index contributed by atoms with van der Waals surface area (Å²) < 4.78 is 11.2. The van der Waals surface area contributed by atoms with Crippen LogP contribution in [0.15, 0.2) is 0 Å². The Morgan fingerprint density at radius 3 is 1.27 bits per heavy atom. The smallest absolute Gasteiger partial charge is 0.306 e. The first-order valence-corrected chi connectivity index (χ1v) is 18.0. The first kappa shape index (κ1) is 42.0. The second-order valence-electron chi connectivity index (χ2n) is 12.1. The highest BCUT2D eigenvalue weighted by Gasteiger charge is 2.39. The van der Waals surface area contributed by atoms with Crippen molar-refractivity contribution in [2.24, 2.45) is 11.5 Å². The molecular weight excluding hydrogens is 558 g/mol. The summed E-state index contributed by atoms with van der Waals surface area (Å²) in [5.41, 5.74) is 11.1. The van der Waals surface area contributed by atoms with Crippen LogP contribution in [0, 0.1) is 0 Å². The summed E-state index contributed by atoms with van der Waals surface area (Å²) in [5.74, 6) is -2.06. The van der Waals surface area contributed by atoms with E-state index >= 15 is 0 Å². The molecule has 0 bridgehead atoms. The van der Waals surface area contributed by atoms with E-state index in [9.17, 15) is 19.2 Å². The lowest BCUT2D eigenvalue weighted by atomic mass is 10.0. The summed E-state index contributed by atoms with van der Waals surface area (Å²) >= 11 is 0. The molecule has 258 valence electrons. The number of Topliss-reactive ketones (excluding diaryl/α,β-unsaturated/α-hetero) is 1. The molecule has 0 rings (SSSR count). The van der Waals surface area contributed by atoms with Gasteiger partial charge in [-0.2, -0.15) is 0 Å². The Kier molecular flexibility index (Phi) is 29.6. The molecule has 2 atom stereocenters. The van der Waals surface area contributed by atoms with E-state index in [0.717, 1.165) is 70.9 Å². The molecule has 0 radical (unpaired) electrons. The van der Waals surface area contributed by atoms with Crippen LogP contribution in [0.5, 0.6) is 0 Å². The van der Waals surface area contributed by atoms with Gasteiger partial charge in [-0.3, -0.25) is 19.2 Å². The number of rotatable bonds is 32. The quantitative estimate of drug-likeness (QED) is 0.0544. The molecule has 0 aliphatic rings. The Morgan fingerprint density at radius 1 is 0.500 bits per heavy atom. The lowest BCUT2D eigenvalue weighted by Gasteiger charge is -2.25. The fourth-order valence-corrected chi connectivity index (χ4v) is 5.09. The molecule has 44 heavy (non-hydrogen) atoms. The Hall–Kier alpha value is -2.00. The van der Waals surface area contributed by atoms with Crippen molar-refractivity contribution < 1.29 is 28.7 Å². The second-order valence-corrected chi connectivity index (χ2v) is 12.1. The minimum absolute atomic E-state index is 0.154. The van der Waals surface area contributed by atoms with Crippen molar-refractivity contribution in [1.29, 1.82) is 0 Å². The van der Waals surface area contributed by atoms with E-state index in [-0.39, 0.29) is 25.0 Å². The van der Waals surface area contributed by atoms with Gasteiger partial charge in [0.1, 0.15) is 0 Å². The van der Waals surface area contributed by atoms with Gasteiger partial charge in [-0.25, -0.2) is 0 Å². The number of amides is 1. The minimum atomic E-state index is -1.48. The van der Waals surface area contributed by atoms with Crippen molar-refractivity contribution in [2.45, 2.75) is 180 Å². The molecule has 0 fully saturated rings. The number of esters is 2. The molecule has 0 saturated heterocycles. The first-order valence-electron chi connectivity index (χ1n) is 18.0. The highest BCUT2D eigenvalue weighted by molar-refractivity contribution is 5.94. The highest BCUT2D eigenvalue weighted by Crippen LogP contribution is 2.17. The lowest BCUT2D eigenvalue weighted by Crippen LogP contribution is -2.50. The van der Waals surface area contributed by atoms with Gasteiger partial charge in [-0.15, -0.1) is 0 Å². The number of unbranched alkanes of at least 4 members (excludes halogenated alkanes) is 17. The summed E-state index contributed by atoms with van der Waals surface area (Å²) in [4.78, 5) is 51.8. The normalized spacial score (nSPS) is 12.5. The average Bonchev–Trinajstić information content (AvgIpc) is 3.02. The van der Waals surface area contributed by atoms with Crippen LogP contribution < -0.4 is 16.8 Å². The fourth-order valence-electron chi connectivity index (χ4n) is 5.09. The average molecular weight is 626 g/mol. The summed E-state index contributed by atoms with van der Waals surface area (Å²) in [6.07, 6.45) is 18.8. The lowest BCUT2D eigenvalue weighted by molar-refractivity contribution is -0.176. The number of carbonyl (C=O) groups is 4. The summed E-state index contributed by atoms with van der Waals surface area (Å²) in [7, 11) is 0. The zero-order valence-corrected chi connectivity index (χ0v) is 28.4. The molecule has 0 saturated carbocycles. The summed E-state index contributed by atoms with van der Waals surface area (Å²) in [6.45, 7) is 5.75. The van der Waals surface area contributed by atoms with Crippen LogP contribution in [0.2, 0.25) is 0 Å². The van der Waals surface area contributed by atoms with E-state index in [1.54, 1.807) is 0 Å². The fraction of sp³-hybridized carbons (Fsp3) is 0.886. The maximum absolute atomic E-state index is 13.2. The molecule has 0 spiro atoms. The SMILES string of the molecule is CCCCC(=O)[C@H](OC(=O)CCCCCCCCCCCN)[C@@H](OC(=O)CCCCCCCCCCCN)C(=O)NCCC. The van der Waals surface area contributed by atoms with E-state index in [0.29, 0.717) is 32.2 Å². The van der Waals surface area contributed by atoms with Crippen LogP contribution in [0.3, 0.4) is 0 Å². The Balaban J connectivity index is 4.90. The Bertz CT molecular complexity index is 673. The van der Waals surface area contributed by atoms with Crippen molar-refractivity contribution in [3.63, 3.8) is 0 Å². The van der Waals surface area contributed by atoms with Gasteiger partial charge in [0.25, 0.3) is 5.91 Å². The van der Waals surface area contributed by atoms with Gasteiger partial charge in [0.2, 0.25) is 12.2 Å². The molecule has 0 heterocycles. The molecule has 0 aliphatic carbocycles. The Labute approximate surface area is 268 Å². The molecule has 0 aromatic rings. The zero-order chi connectivity index (χ0) is 32.7. The van der Waals surface area contributed by atoms with Gasteiger partial charge < -0.3 is 26.3 Å². The first-order chi connectivity index (χ1) is 21.4. The van der Waals surface area contributed by atoms with Crippen molar-refractivity contribution in [3.8, 4) is 0 Å². The van der Waals surface area contributed by atoms with Gasteiger partial charge in [0, 0.05) is 25.8 Å². The van der Waals surface area contributed by atoms with E-state index in [2.05, 4.69) is 5.32 Å². The van der Waals surface area contributed by atoms with Crippen LogP contribution in [0.4, 0.5) is 0 Å². The van der Waals surface area contributed by atoms with Gasteiger partial charge in [-0.05, 0) is 51.6 Å². The van der Waals surface area contributed by atoms with Crippen molar-refractivity contribution in [1.82, 2.24) is 5.32 Å². The van der Waals surface area contributed by atoms with Crippen molar-refractivity contribution >= 4 is 23.6 Å². The molecule has 0 aromatic carbocycles. The number of nitrogens with two attached hydrogens (primary N) is 2. The predicted molar refractivity (Wildman–Crippen MR) is 178 cm³/mol. The summed E-state index contributed by atoms with van der Waals surface area (Å²) in [5, 5.41) is 2.73. The van der Waals surface area contributed by atoms with E-state index < -0.39 is 30.1 Å². The van der Waals surface area contributed by atoms with Gasteiger partial charge in [-0.1, -0.05) is 110 Å². The van der Waals surface area contributed by atoms with Crippen LogP contribution in [-0.4, -0.2) is 55.5 Å². The Morgan fingerprint density at radius 2 is 0.886 bits per heavy atom. The third kappa shape index (κ3) is 24.3. The number of ether oxygens (including phenoxy) is 2. The topological polar surface area (TPSA) is 151 Å². The molecule has 9 heteroatoms. The van der Waals surface area contributed by atoms with Crippen LogP contribution in [0.1, 0.15) is 168 Å². The molecular formula is C35H67N3O6. The van der Waals surface area contributed by atoms with E-state index in [1.807, 2.05) is 13.8 Å². The largest absolute Gasteiger partial charge is 0.450 e. The molecule has 1 amide bonds. The van der Waals surface area contributed by atoms with Crippen LogP contribution in [-0.2, 0) is 28.7 Å². The number of ketones is 1. The molecule has 0 aliphatic heterocycles. The maximum Gasteiger partial charge on any atom is 0.306 e. The molecule has 9 nitrogen and oxygen atoms in total. The number of nitrogens with one attached hydrogen (secondary N) is 1. The standard InChI is InChI=1S/C35H67N3O6/c1-3-5-24-30(39)33(43-31(40)25-20-16-12-8-6-10-14-18-22-27-36)34(35(42)38-29-4-2)44-32(41)26-21-17-13-9-7-11-15-19-23-28-37/h33-34H,3-29,36-37H2,1-2H3,(H,38,42)/t33-,34+/m0/s1. The van der Waals surface area contributed by atoms with Gasteiger partial charge >= 0.3 is 11.9 Å². The zero-order valence-electron chi connectivity index (χ0n) is 28.4. The molecule has 0 aromatic heterocycles. The second kappa shape index (κ2) is 31.0. The molecule has 0 unspecified atom stereocenters. The predicted octanol–water partition coefficient (Wildman–Crippen LogP) is 6.81. The number of carbonyl (C=O) groups excluding carboxylic acids is 4.